The van der Waals surface area contributed by atoms with E-state index in [1.54, 1.807) is 24.4 Å². The topological polar surface area (TPSA) is 63.1 Å². The number of halogens is 3. The molecule has 1 aromatic carbocycles. The maximum Gasteiger partial charge on any atom is 0.435 e. The van der Waals surface area contributed by atoms with Gasteiger partial charge in [0.05, 0.1) is 5.52 Å². The molecule has 0 atom stereocenters. The second kappa shape index (κ2) is 6.32. The van der Waals surface area contributed by atoms with E-state index in [1.165, 1.54) is 7.05 Å². The van der Waals surface area contributed by atoms with E-state index in [0.717, 1.165) is 21.8 Å². The molecule has 2 aromatic heterocycles. The molecule has 26 heavy (non-hydrogen) atoms. The average molecular weight is 363 g/mol. The molecule has 0 spiro atoms. The highest BCUT2D eigenvalue weighted by Crippen LogP contribution is 2.30. The molecule has 0 bridgehead atoms. The minimum absolute atomic E-state index is 0.0441. The van der Waals surface area contributed by atoms with Gasteiger partial charge in [-0.1, -0.05) is 0 Å². The van der Waals surface area contributed by atoms with E-state index in [4.69, 9.17) is 0 Å². The van der Waals surface area contributed by atoms with Crippen LogP contribution in [0.2, 0.25) is 0 Å². The molecule has 0 saturated carbocycles. The lowest BCUT2D eigenvalue weighted by Crippen LogP contribution is -2.15. The number of rotatable bonds is 3. The minimum atomic E-state index is -4.57. The third-order valence-corrected chi connectivity index (χ3v) is 3.88. The fourth-order valence-corrected chi connectivity index (χ4v) is 2.58. The molecule has 0 fully saturated rings. The Hall–Kier alpha value is -3.10. The van der Waals surface area contributed by atoms with Gasteiger partial charge in [0.15, 0.2) is 5.69 Å². The van der Waals surface area contributed by atoms with E-state index in [1.807, 2.05) is 25.1 Å². The normalized spacial score (nSPS) is 11.6. The van der Waals surface area contributed by atoms with Crippen molar-refractivity contribution >= 4 is 28.3 Å². The molecule has 0 aliphatic carbocycles. The first-order valence-electron chi connectivity index (χ1n) is 7.65. The van der Waals surface area contributed by atoms with Crippen molar-refractivity contribution in [3.05, 3.63) is 47.8 Å². The van der Waals surface area contributed by atoms with Gasteiger partial charge in [-0.05, 0) is 24.3 Å². The van der Waals surface area contributed by atoms with Crippen LogP contribution in [0.25, 0.3) is 10.9 Å². The molecule has 0 unspecified atom stereocenters. The van der Waals surface area contributed by atoms with E-state index < -0.39 is 17.8 Å². The van der Waals surface area contributed by atoms with Gasteiger partial charge in [-0.3, -0.25) is 14.5 Å². The molecule has 0 aliphatic heterocycles. The number of benzene rings is 1. The van der Waals surface area contributed by atoms with Gasteiger partial charge in [0.1, 0.15) is 5.82 Å². The van der Waals surface area contributed by atoms with Gasteiger partial charge < -0.3 is 10.2 Å². The summed E-state index contributed by atoms with van der Waals surface area (Å²) in [5, 5.41) is 6.68. The predicted molar refractivity (Wildman–Crippen MR) is 92.2 cm³/mol. The van der Waals surface area contributed by atoms with Crippen molar-refractivity contribution in [1.82, 2.24) is 14.8 Å². The highest BCUT2D eigenvalue weighted by Gasteiger charge is 2.34. The number of nitrogens with one attached hydrogen (secondary N) is 1. The van der Waals surface area contributed by atoms with Crippen LogP contribution in [0.15, 0.2) is 36.5 Å². The summed E-state index contributed by atoms with van der Waals surface area (Å²) in [6, 6.07) is 7.61. The average Bonchev–Trinajstić information content (AvgIpc) is 2.94. The third-order valence-electron chi connectivity index (χ3n) is 3.88. The second-order valence-corrected chi connectivity index (χ2v) is 5.95. The molecule has 136 valence electrons. The molecule has 0 aliphatic rings. The number of fused-ring (bicyclic) bond motifs is 1. The summed E-state index contributed by atoms with van der Waals surface area (Å²) in [5.74, 6) is -0.585. The Morgan fingerprint density at radius 2 is 1.92 bits per heavy atom. The van der Waals surface area contributed by atoms with Crippen molar-refractivity contribution in [1.29, 1.82) is 0 Å². The Kier molecular flexibility index (Phi) is 4.31. The second-order valence-electron chi connectivity index (χ2n) is 5.95. The van der Waals surface area contributed by atoms with E-state index in [-0.39, 0.29) is 11.4 Å². The SMILES string of the molecule is CN(C)c1ccnc2cc(C(=O)Nc3cc(C(F)(F)F)nn3C)ccc12. The Labute approximate surface area is 147 Å². The van der Waals surface area contributed by atoms with Gasteiger partial charge in [0, 0.05) is 50.0 Å². The van der Waals surface area contributed by atoms with Gasteiger partial charge in [0.25, 0.3) is 5.91 Å². The monoisotopic (exact) mass is 363 g/mol. The third kappa shape index (κ3) is 3.32. The van der Waals surface area contributed by atoms with Crippen molar-refractivity contribution < 1.29 is 18.0 Å². The summed E-state index contributed by atoms with van der Waals surface area (Å²) in [6.07, 6.45) is -2.94. The van der Waals surface area contributed by atoms with Crippen molar-refractivity contribution in [2.45, 2.75) is 6.18 Å². The van der Waals surface area contributed by atoms with Crippen molar-refractivity contribution in [3.63, 3.8) is 0 Å². The zero-order valence-electron chi connectivity index (χ0n) is 14.3. The number of carbonyl (C=O) groups excluding carboxylic acids is 1. The van der Waals surface area contributed by atoms with Gasteiger partial charge >= 0.3 is 6.18 Å². The summed E-state index contributed by atoms with van der Waals surface area (Å²) in [4.78, 5) is 18.6. The van der Waals surface area contributed by atoms with Crippen molar-refractivity contribution in [2.24, 2.45) is 7.05 Å². The molecular weight excluding hydrogens is 347 g/mol. The van der Waals surface area contributed by atoms with Crippen LogP contribution in [-0.4, -0.2) is 34.8 Å². The molecule has 2 heterocycles. The summed E-state index contributed by atoms with van der Waals surface area (Å²) in [5.41, 5.74) is 0.787. The molecule has 9 heteroatoms. The number of alkyl halides is 3. The summed E-state index contributed by atoms with van der Waals surface area (Å²) in [7, 11) is 5.13. The molecule has 3 aromatic rings. The van der Waals surface area contributed by atoms with Gasteiger partial charge in [0.2, 0.25) is 0 Å². The number of carbonyl (C=O) groups is 1. The number of anilines is 2. The standard InChI is InChI=1S/C17H16F3N5O/c1-24(2)13-6-7-21-12-8-10(4-5-11(12)13)16(26)22-15-9-14(17(18,19)20)23-25(15)3/h4-9H,1-3H3,(H,22,26). The first-order valence-corrected chi connectivity index (χ1v) is 7.65. The summed E-state index contributed by atoms with van der Waals surface area (Å²) < 4.78 is 39.1. The lowest BCUT2D eigenvalue weighted by atomic mass is 10.1. The van der Waals surface area contributed by atoms with Gasteiger partial charge in [-0.15, -0.1) is 0 Å². The van der Waals surface area contributed by atoms with E-state index in [0.29, 0.717) is 5.52 Å². The number of aromatic nitrogens is 3. The van der Waals surface area contributed by atoms with Crippen molar-refractivity contribution in [2.75, 3.05) is 24.3 Å². The molecule has 0 saturated heterocycles. The largest absolute Gasteiger partial charge is 0.435 e. The number of amides is 1. The van der Waals surface area contributed by atoms with Crippen LogP contribution in [0.5, 0.6) is 0 Å². The van der Waals surface area contributed by atoms with Gasteiger partial charge in [-0.25, -0.2) is 0 Å². The number of hydrogen-bond acceptors (Lipinski definition) is 4. The maximum absolute atomic E-state index is 12.7. The Morgan fingerprint density at radius 3 is 2.54 bits per heavy atom. The minimum Gasteiger partial charge on any atom is -0.377 e. The summed E-state index contributed by atoms with van der Waals surface area (Å²) in [6.45, 7) is 0. The van der Waals surface area contributed by atoms with Crippen LogP contribution < -0.4 is 10.2 Å². The zero-order valence-corrected chi connectivity index (χ0v) is 14.3. The smallest absolute Gasteiger partial charge is 0.377 e. The lowest BCUT2D eigenvalue weighted by Gasteiger charge is -2.15. The molecular formula is C17H16F3N5O. The Balaban J connectivity index is 1.90. The Bertz CT molecular complexity index is 978. The number of nitrogens with zero attached hydrogens (tertiary/aromatic N) is 4. The van der Waals surface area contributed by atoms with Crippen LogP contribution in [0.1, 0.15) is 16.1 Å². The summed E-state index contributed by atoms with van der Waals surface area (Å²) >= 11 is 0. The quantitative estimate of drug-likeness (QED) is 0.776. The van der Waals surface area contributed by atoms with Crippen LogP contribution in [-0.2, 0) is 13.2 Å². The number of hydrogen-bond donors (Lipinski definition) is 1. The zero-order chi connectivity index (χ0) is 19.1. The maximum atomic E-state index is 12.7. The van der Waals surface area contributed by atoms with Crippen LogP contribution in [0, 0.1) is 0 Å². The van der Waals surface area contributed by atoms with Crippen LogP contribution in [0.4, 0.5) is 24.7 Å². The molecule has 0 radical (unpaired) electrons. The molecule has 1 amide bonds. The van der Waals surface area contributed by atoms with Crippen LogP contribution >= 0.6 is 0 Å². The highest BCUT2D eigenvalue weighted by atomic mass is 19.4. The first kappa shape index (κ1) is 17.7. The van der Waals surface area contributed by atoms with E-state index >= 15 is 0 Å². The number of aryl methyl sites for hydroxylation is 1. The predicted octanol–water partition coefficient (Wildman–Crippen LogP) is 3.31. The fraction of sp³-hybridized carbons (Fsp3) is 0.235. The highest BCUT2D eigenvalue weighted by molar-refractivity contribution is 6.06. The Morgan fingerprint density at radius 1 is 1.19 bits per heavy atom. The van der Waals surface area contributed by atoms with Crippen molar-refractivity contribution in [3.8, 4) is 0 Å². The van der Waals surface area contributed by atoms with Crippen LogP contribution in [0.3, 0.4) is 0 Å². The molecule has 6 nitrogen and oxygen atoms in total. The van der Waals surface area contributed by atoms with E-state index in [2.05, 4.69) is 15.4 Å². The molecule has 1 N–H and O–H groups in total. The molecule has 3 rings (SSSR count). The number of pyridine rings is 1. The van der Waals surface area contributed by atoms with Gasteiger partial charge in [-0.2, -0.15) is 18.3 Å². The fourth-order valence-electron chi connectivity index (χ4n) is 2.58. The van der Waals surface area contributed by atoms with E-state index in [9.17, 15) is 18.0 Å². The lowest BCUT2D eigenvalue weighted by molar-refractivity contribution is -0.141. The first-order chi connectivity index (χ1) is 12.2.